The monoisotopic (exact) mass is 1130 g/mol. The second kappa shape index (κ2) is 68.8. The van der Waals surface area contributed by atoms with Crippen LogP contribution in [-0.4, -0.2) is 37.2 Å². The molecular weight excluding hydrogens is 997 g/mol. The fourth-order valence-corrected chi connectivity index (χ4v) is 9.96. The number of hydrogen-bond acceptors (Lipinski definition) is 6. The van der Waals surface area contributed by atoms with Crippen LogP contribution in [0, 0.1) is 0 Å². The van der Waals surface area contributed by atoms with Crippen LogP contribution in [0.3, 0.4) is 0 Å². The fourth-order valence-electron chi connectivity index (χ4n) is 9.96. The molecule has 0 fully saturated rings. The number of hydrogen-bond donors (Lipinski definition) is 0. The van der Waals surface area contributed by atoms with Gasteiger partial charge in [-0.3, -0.25) is 14.4 Å². The van der Waals surface area contributed by atoms with Crippen LogP contribution in [-0.2, 0) is 28.6 Å². The molecule has 0 saturated carbocycles. The lowest BCUT2D eigenvalue weighted by molar-refractivity contribution is -0.167. The van der Waals surface area contributed by atoms with Crippen LogP contribution in [0.25, 0.3) is 0 Å². The lowest BCUT2D eigenvalue weighted by Crippen LogP contribution is -2.30. The van der Waals surface area contributed by atoms with Crippen LogP contribution in [0.15, 0.2) is 97.2 Å². The molecule has 0 spiro atoms. The summed E-state index contributed by atoms with van der Waals surface area (Å²) in [6.07, 6.45) is 93.2. The van der Waals surface area contributed by atoms with E-state index in [1.165, 1.54) is 193 Å². The normalized spacial score (nSPS) is 12.7. The van der Waals surface area contributed by atoms with Gasteiger partial charge < -0.3 is 14.2 Å². The zero-order valence-electron chi connectivity index (χ0n) is 53.5. The van der Waals surface area contributed by atoms with Gasteiger partial charge >= 0.3 is 17.9 Å². The van der Waals surface area contributed by atoms with Crippen molar-refractivity contribution < 1.29 is 28.6 Å². The predicted octanol–water partition coefficient (Wildman–Crippen LogP) is 24.0. The molecule has 0 aliphatic rings. The van der Waals surface area contributed by atoms with Crippen molar-refractivity contribution in [1.29, 1.82) is 0 Å². The quantitative estimate of drug-likeness (QED) is 0.0261. The molecule has 0 aromatic carbocycles. The SMILES string of the molecule is CC/C=C\C/C=C\C/C=C\C/C=C\CCCCCCCCCCCCCCCCCCCCCCCCC(=O)OCC(COC(=O)CCCCCCCCCCCCCCC)OC(=O)CCCC/C=C\C/C=C\C/C=C\C/C=C\CC. The molecule has 0 amide bonds. The minimum absolute atomic E-state index is 0.0887. The average Bonchev–Trinajstić information content (AvgIpc) is 3.46. The Kier molecular flexibility index (Phi) is 65.7. The van der Waals surface area contributed by atoms with Crippen molar-refractivity contribution in [1.82, 2.24) is 0 Å². The van der Waals surface area contributed by atoms with Crippen LogP contribution in [0.2, 0.25) is 0 Å². The van der Waals surface area contributed by atoms with Crippen molar-refractivity contribution in [3.05, 3.63) is 97.2 Å². The summed E-state index contributed by atoms with van der Waals surface area (Å²) in [5.74, 6) is -0.914. The van der Waals surface area contributed by atoms with E-state index in [0.29, 0.717) is 19.3 Å². The minimum Gasteiger partial charge on any atom is -0.462 e. The van der Waals surface area contributed by atoms with Gasteiger partial charge in [0.2, 0.25) is 0 Å². The zero-order chi connectivity index (χ0) is 58.5. The topological polar surface area (TPSA) is 78.9 Å². The van der Waals surface area contributed by atoms with Crippen molar-refractivity contribution in [2.45, 2.75) is 348 Å². The number of allylic oxidation sites excluding steroid dienone is 16. The summed E-state index contributed by atoms with van der Waals surface area (Å²) in [5, 5.41) is 0. The predicted molar refractivity (Wildman–Crippen MR) is 353 cm³/mol. The molecule has 0 N–H and O–H groups in total. The highest BCUT2D eigenvalue weighted by Crippen LogP contribution is 2.18. The van der Waals surface area contributed by atoms with E-state index in [9.17, 15) is 14.4 Å². The van der Waals surface area contributed by atoms with Crippen LogP contribution < -0.4 is 0 Å². The smallest absolute Gasteiger partial charge is 0.306 e. The van der Waals surface area contributed by atoms with Crippen LogP contribution in [0.1, 0.15) is 342 Å². The van der Waals surface area contributed by atoms with Crippen LogP contribution in [0.5, 0.6) is 0 Å². The number of carbonyl (C=O) groups is 3. The highest BCUT2D eigenvalue weighted by molar-refractivity contribution is 5.71. The summed E-state index contributed by atoms with van der Waals surface area (Å²) in [6.45, 7) is 6.41. The Labute approximate surface area is 502 Å². The van der Waals surface area contributed by atoms with E-state index in [0.717, 1.165) is 103 Å². The summed E-state index contributed by atoms with van der Waals surface area (Å²) in [7, 11) is 0. The molecule has 0 aliphatic carbocycles. The maximum absolute atomic E-state index is 12.9. The molecule has 1 atom stereocenters. The van der Waals surface area contributed by atoms with Crippen molar-refractivity contribution >= 4 is 17.9 Å². The van der Waals surface area contributed by atoms with Gasteiger partial charge in [0.05, 0.1) is 0 Å². The molecule has 0 radical (unpaired) electrons. The number of rotatable bonds is 63. The van der Waals surface area contributed by atoms with Gasteiger partial charge in [0.15, 0.2) is 6.10 Å². The second-order valence-corrected chi connectivity index (χ2v) is 23.0. The molecule has 0 saturated heterocycles. The first-order valence-corrected chi connectivity index (χ1v) is 34.7. The van der Waals surface area contributed by atoms with E-state index < -0.39 is 6.10 Å². The molecule has 0 aromatic rings. The first-order chi connectivity index (χ1) is 40.0. The van der Waals surface area contributed by atoms with E-state index in [-0.39, 0.29) is 37.5 Å². The van der Waals surface area contributed by atoms with Gasteiger partial charge in [0, 0.05) is 19.3 Å². The van der Waals surface area contributed by atoms with Gasteiger partial charge in [0.25, 0.3) is 0 Å². The molecule has 0 bridgehead atoms. The molecule has 466 valence electrons. The van der Waals surface area contributed by atoms with Gasteiger partial charge in [-0.15, -0.1) is 0 Å². The third-order valence-electron chi connectivity index (χ3n) is 15.1. The Bertz CT molecular complexity index is 1580. The van der Waals surface area contributed by atoms with E-state index in [1.807, 2.05) is 0 Å². The first kappa shape index (κ1) is 77.3. The van der Waals surface area contributed by atoms with Gasteiger partial charge in [-0.25, -0.2) is 0 Å². The van der Waals surface area contributed by atoms with E-state index in [1.54, 1.807) is 0 Å². The zero-order valence-corrected chi connectivity index (χ0v) is 53.5. The van der Waals surface area contributed by atoms with E-state index >= 15 is 0 Å². The van der Waals surface area contributed by atoms with E-state index in [4.69, 9.17) is 14.2 Å². The minimum atomic E-state index is -0.796. The highest BCUT2D eigenvalue weighted by atomic mass is 16.6. The Balaban J connectivity index is 4.11. The molecule has 6 nitrogen and oxygen atoms in total. The van der Waals surface area contributed by atoms with Crippen molar-refractivity contribution in [3.63, 3.8) is 0 Å². The fraction of sp³-hybridized carbons (Fsp3) is 0.747. The average molecular weight is 1130 g/mol. The Morgan fingerprint density at radius 3 is 0.778 bits per heavy atom. The van der Waals surface area contributed by atoms with Gasteiger partial charge in [-0.1, -0.05) is 323 Å². The third-order valence-corrected chi connectivity index (χ3v) is 15.1. The molecular formula is C75H130O6. The van der Waals surface area contributed by atoms with Crippen molar-refractivity contribution in [3.8, 4) is 0 Å². The van der Waals surface area contributed by atoms with Gasteiger partial charge in [-0.2, -0.15) is 0 Å². The number of ether oxygens (including phenoxy) is 3. The Morgan fingerprint density at radius 1 is 0.259 bits per heavy atom. The van der Waals surface area contributed by atoms with Crippen molar-refractivity contribution in [2.24, 2.45) is 0 Å². The van der Waals surface area contributed by atoms with Crippen LogP contribution >= 0.6 is 0 Å². The van der Waals surface area contributed by atoms with Crippen molar-refractivity contribution in [2.75, 3.05) is 13.2 Å². The number of unbranched alkanes of at least 4 members (excludes halogenated alkanes) is 36. The summed E-state index contributed by atoms with van der Waals surface area (Å²) >= 11 is 0. The molecule has 1 unspecified atom stereocenters. The first-order valence-electron chi connectivity index (χ1n) is 34.7. The molecule has 6 heteroatoms. The molecule has 0 heterocycles. The summed E-state index contributed by atoms with van der Waals surface area (Å²) in [5.41, 5.74) is 0. The summed E-state index contributed by atoms with van der Waals surface area (Å²) in [6, 6.07) is 0. The maximum atomic E-state index is 12.9. The highest BCUT2D eigenvalue weighted by Gasteiger charge is 2.19. The number of esters is 3. The summed E-state index contributed by atoms with van der Waals surface area (Å²) < 4.78 is 16.9. The molecule has 0 aromatic heterocycles. The summed E-state index contributed by atoms with van der Waals surface area (Å²) in [4.78, 5) is 38.3. The third kappa shape index (κ3) is 67.0. The molecule has 81 heavy (non-hydrogen) atoms. The maximum Gasteiger partial charge on any atom is 0.306 e. The number of carbonyl (C=O) groups excluding carboxylic acids is 3. The molecule has 0 aliphatic heterocycles. The Hall–Kier alpha value is -3.67. The standard InChI is InChI=1S/C75H130O6/c1-4-7-10-13-16-19-22-25-27-28-29-30-31-32-33-34-35-36-37-38-39-40-41-42-43-44-45-46-48-50-53-56-59-62-65-68-74(77)80-71-72(70-79-73(76)67-64-61-58-55-52-49-24-21-18-15-12-9-6-3)81-75(78)69-66-63-60-57-54-51-47-26-23-20-17-14-11-8-5-2/h7-8,10-11,16-17,19-20,25-27,29-30,47,54,57,72H,4-6,9,12-15,18,21-24,28,31-46,48-53,55-56,58-71H2,1-3H3/b10-7-,11-8-,19-16-,20-17-,27-25-,30-29-,47-26-,57-54-. The lowest BCUT2D eigenvalue weighted by Gasteiger charge is -2.18. The van der Waals surface area contributed by atoms with Gasteiger partial charge in [-0.05, 0) is 96.3 Å². The molecule has 0 rings (SSSR count). The van der Waals surface area contributed by atoms with Crippen LogP contribution in [0.4, 0.5) is 0 Å². The second-order valence-electron chi connectivity index (χ2n) is 23.0. The van der Waals surface area contributed by atoms with E-state index in [2.05, 4.69) is 118 Å². The Morgan fingerprint density at radius 2 is 0.481 bits per heavy atom. The largest absolute Gasteiger partial charge is 0.462 e. The lowest BCUT2D eigenvalue weighted by atomic mass is 10.0. The van der Waals surface area contributed by atoms with Gasteiger partial charge in [0.1, 0.15) is 13.2 Å².